The van der Waals surface area contributed by atoms with E-state index in [-0.39, 0.29) is 10.6 Å². The van der Waals surface area contributed by atoms with Crippen LogP contribution in [0, 0.1) is 0 Å². The third kappa shape index (κ3) is 2.31. The molecule has 0 spiro atoms. The summed E-state index contributed by atoms with van der Waals surface area (Å²) < 4.78 is 22.6. The van der Waals surface area contributed by atoms with Crippen LogP contribution in [0.3, 0.4) is 0 Å². The minimum Gasteiger partial charge on any atom is -0.327 e. The third-order valence-corrected chi connectivity index (χ3v) is 3.40. The van der Waals surface area contributed by atoms with Gasteiger partial charge in [0.15, 0.2) is 0 Å². The lowest BCUT2D eigenvalue weighted by Crippen LogP contribution is -2.15. The number of primary sulfonamides is 1. The standard InChI is InChI=1S/C7H7BrN2O3S/c8-5-2-1-3-6(10-4-11)7(5)14(9,12)13/h1-4H,(H,10,11)(H2,9,12,13). The van der Waals surface area contributed by atoms with Gasteiger partial charge in [-0.3, -0.25) is 4.79 Å². The van der Waals surface area contributed by atoms with Crippen LogP contribution in [0.25, 0.3) is 0 Å². The Labute approximate surface area is 89.5 Å². The summed E-state index contributed by atoms with van der Waals surface area (Å²) in [6.45, 7) is 0. The number of anilines is 1. The largest absolute Gasteiger partial charge is 0.327 e. The summed E-state index contributed by atoms with van der Waals surface area (Å²) in [5.41, 5.74) is 0.150. The Balaban J connectivity index is 3.45. The summed E-state index contributed by atoms with van der Waals surface area (Å²) in [4.78, 5) is 10.1. The summed E-state index contributed by atoms with van der Waals surface area (Å²) in [5, 5.41) is 7.23. The van der Waals surface area contributed by atoms with Crippen molar-refractivity contribution in [3.8, 4) is 0 Å². The molecule has 1 amide bonds. The number of nitrogens with one attached hydrogen (secondary N) is 1. The number of benzene rings is 1. The molecule has 0 radical (unpaired) electrons. The number of carbonyl (C=O) groups excluding carboxylic acids is 1. The fourth-order valence-corrected chi connectivity index (χ4v) is 2.79. The highest BCUT2D eigenvalue weighted by molar-refractivity contribution is 9.10. The fraction of sp³-hybridized carbons (Fsp3) is 0. The minimum absolute atomic E-state index is 0.132. The highest BCUT2D eigenvalue weighted by atomic mass is 79.9. The van der Waals surface area contributed by atoms with E-state index in [1.807, 2.05) is 0 Å². The lowest BCUT2D eigenvalue weighted by atomic mass is 10.3. The highest BCUT2D eigenvalue weighted by Crippen LogP contribution is 2.27. The Hall–Kier alpha value is -0.920. The molecule has 0 heterocycles. The lowest BCUT2D eigenvalue weighted by Gasteiger charge is -2.07. The van der Waals surface area contributed by atoms with Crippen molar-refractivity contribution in [1.29, 1.82) is 0 Å². The maximum absolute atomic E-state index is 11.1. The van der Waals surface area contributed by atoms with Crippen LogP contribution in [0.5, 0.6) is 0 Å². The quantitative estimate of drug-likeness (QED) is 0.797. The van der Waals surface area contributed by atoms with E-state index in [2.05, 4.69) is 21.2 Å². The van der Waals surface area contributed by atoms with Gasteiger partial charge in [-0.15, -0.1) is 0 Å². The van der Waals surface area contributed by atoms with Crippen LogP contribution in [0.1, 0.15) is 0 Å². The van der Waals surface area contributed by atoms with Crippen molar-refractivity contribution in [2.45, 2.75) is 4.90 Å². The minimum atomic E-state index is -3.85. The summed E-state index contributed by atoms with van der Waals surface area (Å²) >= 11 is 3.04. The topological polar surface area (TPSA) is 89.3 Å². The average molecular weight is 279 g/mol. The molecule has 0 bridgehead atoms. The van der Waals surface area contributed by atoms with Gasteiger partial charge in [-0.1, -0.05) is 6.07 Å². The Bertz CT molecular complexity index is 458. The maximum atomic E-state index is 11.1. The fourth-order valence-electron chi connectivity index (χ4n) is 0.975. The van der Waals surface area contributed by atoms with E-state index < -0.39 is 10.0 Å². The molecule has 0 atom stereocenters. The van der Waals surface area contributed by atoms with Gasteiger partial charge in [0, 0.05) is 4.47 Å². The zero-order valence-corrected chi connectivity index (χ0v) is 9.30. The van der Waals surface area contributed by atoms with E-state index in [1.54, 1.807) is 6.07 Å². The first-order valence-corrected chi connectivity index (χ1v) is 5.82. The third-order valence-electron chi connectivity index (χ3n) is 1.47. The molecule has 0 unspecified atom stereocenters. The van der Waals surface area contributed by atoms with Crippen molar-refractivity contribution in [1.82, 2.24) is 0 Å². The van der Waals surface area contributed by atoms with Gasteiger partial charge in [0.05, 0.1) is 5.69 Å². The molecule has 0 saturated carbocycles. The molecule has 3 N–H and O–H groups in total. The number of hydrogen-bond acceptors (Lipinski definition) is 3. The molecule has 1 aromatic rings. The Kier molecular flexibility index (Phi) is 3.25. The van der Waals surface area contributed by atoms with E-state index in [1.165, 1.54) is 12.1 Å². The van der Waals surface area contributed by atoms with Gasteiger partial charge in [-0.25, -0.2) is 13.6 Å². The van der Waals surface area contributed by atoms with Crippen LogP contribution in [-0.4, -0.2) is 14.8 Å². The number of rotatable bonds is 3. The SMILES string of the molecule is NS(=O)(=O)c1c(Br)cccc1NC=O. The van der Waals surface area contributed by atoms with E-state index >= 15 is 0 Å². The first-order valence-electron chi connectivity index (χ1n) is 3.48. The number of halogens is 1. The van der Waals surface area contributed by atoms with Gasteiger partial charge in [0.2, 0.25) is 16.4 Å². The lowest BCUT2D eigenvalue weighted by molar-refractivity contribution is -0.105. The molecular formula is C7H7BrN2O3S. The Morgan fingerprint density at radius 1 is 1.43 bits per heavy atom. The molecule has 1 aromatic carbocycles. The number of sulfonamides is 1. The monoisotopic (exact) mass is 278 g/mol. The zero-order valence-electron chi connectivity index (χ0n) is 6.90. The summed E-state index contributed by atoms with van der Waals surface area (Å²) in [5.74, 6) is 0. The molecule has 1 rings (SSSR count). The van der Waals surface area contributed by atoms with Crippen LogP contribution in [0.4, 0.5) is 5.69 Å². The van der Waals surface area contributed by atoms with Crippen molar-refractivity contribution in [3.05, 3.63) is 22.7 Å². The molecule has 0 aliphatic rings. The van der Waals surface area contributed by atoms with Gasteiger partial charge in [-0.05, 0) is 28.1 Å². The highest BCUT2D eigenvalue weighted by Gasteiger charge is 2.17. The van der Waals surface area contributed by atoms with E-state index in [0.717, 1.165) is 0 Å². The average Bonchev–Trinajstić information content (AvgIpc) is 2.02. The van der Waals surface area contributed by atoms with E-state index in [4.69, 9.17) is 5.14 Å². The predicted octanol–water partition coefficient (Wildman–Crippen LogP) is 0.665. The zero-order chi connectivity index (χ0) is 10.8. The number of nitrogens with two attached hydrogens (primary N) is 1. The number of hydrogen-bond donors (Lipinski definition) is 2. The molecule has 0 aliphatic heterocycles. The van der Waals surface area contributed by atoms with Gasteiger partial charge >= 0.3 is 0 Å². The maximum Gasteiger partial charge on any atom is 0.241 e. The summed E-state index contributed by atoms with van der Waals surface area (Å²) in [6, 6.07) is 4.55. The summed E-state index contributed by atoms with van der Waals surface area (Å²) in [7, 11) is -3.85. The van der Waals surface area contributed by atoms with Gasteiger partial charge < -0.3 is 5.32 Å². The van der Waals surface area contributed by atoms with E-state index in [9.17, 15) is 13.2 Å². The Morgan fingerprint density at radius 2 is 2.07 bits per heavy atom. The Morgan fingerprint density at radius 3 is 2.57 bits per heavy atom. The smallest absolute Gasteiger partial charge is 0.241 e. The molecule has 76 valence electrons. The van der Waals surface area contributed by atoms with Crippen LogP contribution < -0.4 is 10.5 Å². The van der Waals surface area contributed by atoms with Crippen LogP contribution >= 0.6 is 15.9 Å². The van der Waals surface area contributed by atoms with Crippen molar-refractivity contribution < 1.29 is 13.2 Å². The molecule has 0 fully saturated rings. The van der Waals surface area contributed by atoms with Crippen molar-refractivity contribution >= 4 is 38.1 Å². The van der Waals surface area contributed by atoms with Gasteiger partial charge in [-0.2, -0.15) is 0 Å². The van der Waals surface area contributed by atoms with Crippen molar-refractivity contribution in [3.63, 3.8) is 0 Å². The second-order valence-corrected chi connectivity index (χ2v) is 4.78. The number of amides is 1. The molecule has 0 aromatic heterocycles. The number of carbonyl (C=O) groups is 1. The first-order chi connectivity index (χ1) is 6.46. The molecule has 14 heavy (non-hydrogen) atoms. The van der Waals surface area contributed by atoms with Crippen LogP contribution in [0.15, 0.2) is 27.6 Å². The second kappa shape index (κ2) is 4.07. The molecule has 0 saturated heterocycles. The van der Waals surface area contributed by atoms with Crippen LogP contribution in [-0.2, 0) is 14.8 Å². The van der Waals surface area contributed by atoms with Crippen LogP contribution in [0.2, 0.25) is 0 Å². The molecular weight excluding hydrogens is 272 g/mol. The first kappa shape index (κ1) is 11.2. The summed E-state index contributed by atoms with van der Waals surface area (Å²) in [6.07, 6.45) is 0.385. The van der Waals surface area contributed by atoms with Gasteiger partial charge in [0.25, 0.3) is 0 Å². The van der Waals surface area contributed by atoms with Crippen molar-refractivity contribution in [2.24, 2.45) is 5.14 Å². The normalized spacial score (nSPS) is 11.0. The van der Waals surface area contributed by atoms with Gasteiger partial charge in [0.1, 0.15) is 4.90 Å². The van der Waals surface area contributed by atoms with E-state index in [0.29, 0.717) is 10.9 Å². The van der Waals surface area contributed by atoms with Crippen molar-refractivity contribution in [2.75, 3.05) is 5.32 Å². The second-order valence-electron chi connectivity index (χ2n) is 2.42. The predicted molar refractivity (Wildman–Crippen MR) is 55.2 cm³/mol. The molecule has 0 aliphatic carbocycles. The molecule has 5 nitrogen and oxygen atoms in total. The molecule has 7 heteroatoms.